The standard InChI is InChI=1S/C15H18O5/c16-13(11-4-7-18-10-11)8-12-9-14(17)20-15(19-12)5-2-1-3-6-15/h4,7,9-10,13,16H,1-3,5-6,8H2. The first-order valence-electron chi connectivity index (χ1n) is 7.00. The van der Waals surface area contributed by atoms with Gasteiger partial charge in [-0.25, -0.2) is 4.79 Å². The highest BCUT2D eigenvalue weighted by molar-refractivity contribution is 5.83. The number of hydrogen-bond donors (Lipinski definition) is 1. The quantitative estimate of drug-likeness (QED) is 0.861. The van der Waals surface area contributed by atoms with E-state index in [4.69, 9.17) is 13.9 Å². The van der Waals surface area contributed by atoms with E-state index < -0.39 is 11.9 Å². The first kappa shape index (κ1) is 13.2. The summed E-state index contributed by atoms with van der Waals surface area (Å²) < 4.78 is 16.2. The van der Waals surface area contributed by atoms with Crippen LogP contribution in [-0.4, -0.2) is 16.9 Å². The molecule has 1 fully saturated rings. The van der Waals surface area contributed by atoms with Crippen LogP contribution in [0.15, 0.2) is 34.8 Å². The molecule has 3 rings (SSSR count). The maximum absolute atomic E-state index is 11.7. The predicted molar refractivity (Wildman–Crippen MR) is 69.4 cm³/mol. The van der Waals surface area contributed by atoms with Crippen molar-refractivity contribution in [1.29, 1.82) is 0 Å². The van der Waals surface area contributed by atoms with E-state index in [-0.39, 0.29) is 12.4 Å². The molecule has 0 amide bonds. The summed E-state index contributed by atoms with van der Waals surface area (Å²) in [6.45, 7) is 0. The molecule has 2 heterocycles. The van der Waals surface area contributed by atoms with Gasteiger partial charge in [-0.05, 0) is 18.9 Å². The highest BCUT2D eigenvalue weighted by atomic mass is 16.7. The number of rotatable bonds is 3. The van der Waals surface area contributed by atoms with Crippen LogP contribution in [0.2, 0.25) is 0 Å². The molecule has 0 bridgehead atoms. The van der Waals surface area contributed by atoms with E-state index in [1.54, 1.807) is 6.07 Å². The summed E-state index contributed by atoms with van der Waals surface area (Å²) in [5.41, 5.74) is 0.672. The average molecular weight is 278 g/mol. The molecule has 1 saturated carbocycles. The van der Waals surface area contributed by atoms with E-state index in [1.165, 1.54) is 18.6 Å². The van der Waals surface area contributed by atoms with E-state index in [0.29, 0.717) is 11.3 Å². The smallest absolute Gasteiger partial charge is 0.337 e. The van der Waals surface area contributed by atoms with Gasteiger partial charge >= 0.3 is 5.97 Å². The Labute approximate surface area is 117 Å². The molecule has 1 atom stereocenters. The molecule has 1 aromatic heterocycles. The van der Waals surface area contributed by atoms with Gasteiger partial charge in [-0.15, -0.1) is 0 Å². The van der Waals surface area contributed by atoms with Crippen molar-refractivity contribution in [2.75, 3.05) is 0 Å². The summed E-state index contributed by atoms with van der Waals surface area (Å²) in [4.78, 5) is 11.7. The Morgan fingerprint density at radius 3 is 2.75 bits per heavy atom. The average Bonchev–Trinajstić information content (AvgIpc) is 2.92. The second-order valence-electron chi connectivity index (χ2n) is 5.38. The van der Waals surface area contributed by atoms with Gasteiger partial charge in [-0.2, -0.15) is 0 Å². The lowest BCUT2D eigenvalue weighted by Crippen LogP contribution is -2.42. The molecule has 20 heavy (non-hydrogen) atoms. The zero-order valence-corrected chi connectivity index (χ0v) is 11.2. The number of esters is 1. The summed E-state index contributed by atoms with van der Waals surface area (Å²) in [6.07, 6.45) is 8.38. The van der Waals surface area contributed by atoms with Crippen LogP contribution in [0.5, 0.6) is 0 Å². The van der Waals surface area contributed by atoms with Crippen molar-refractivity contribution in [1.82, 2.24) is 0 Å². The normalized spacial score (nSPS) is 22.9. The van der Waals surface area contributed by atoms with Crippen LogP contribution in [0.25, 0.3) is 0 Å². The molecule has 5 heteroatoms. The first-order valence-corrected chi connectivity index (χ1v) is 7.00. The van der Waals surface area contributed by atoms with Crippen molar-refractivity contribution in [3.05, 3.63) is 36.0 Å². The van der Waals surface area contributed by atoms with Gasteiger partial charge in [0.15, 0.2) is 0 Å². The monoisotopic (exact) mass is 278 g/mol. The van der Waals surface area contributed by atoms with Gasteiger partial charge in [0.2, 0.25) is 0 Å². The molecule has 1 aliphatic carbocycles. The Morgan fingerprint density at radius 2 is 2.05 bits per heavy atom. The molecular formula is C15H18O5. The lowest BCUT2D eigenvalue weighted by molar-refractivity contribution is -0.234. The lowest BCUT2D eigenvalue weighted by atomic mass is 9.93. The SMILES string of the molecule is O=C1C=C(CC(O)c2ccoc2)OC2(CCCCC2)O1. The summed E-state index contributed by atoms with van der Waals surface area (Å²) in [7, 11) is 0. The Balaban J connectivity index is 1.71. The predicted octanol–water partition coefficient (Wildman–Crippen LogP) is 2.82. The Bertz CT molecular complexity index is 496. The van der Waals surface area contributed by atoms with E-state index >= 15 is 0 Å². The van der Waals surface area contributed by atoms with Gasteiger partial charge in [0, 0.05) is 24.8 Å². The molecule has 2 aliphatic rings. The summed E-state index contributed by atoms with van der Waals surface area (Å²) in [5.74, 6) is -0.709. The Kier molecular flexibility index (Phi) is 3.53. The molecule has 1 aliphatic heterocycles. The summed E-state index contributed by atoms with van der Waals surface area (Å²) >= 11 is 0. The third-order valence-electron chi connectivity index (χ3n) is 3.82. The second-order valence-corrected chi connectivity index (χ2v) is 5.38. The topological polar surface area (TPSA) is 68.9 Å². The lowest BCUT2D eigenvalue weighted by Gasteiger charge is -2.39. The fraction of sp³-hybridized carbons (Fsp3) is 0.533. The number of aliphatic hydroxyl groups excluding tert-OH is 1. The molecule has 5 nitrogen and oxygen atoms in total. The van der Waals surface area contributed by atoms with Gasteiger partial charge in [0.25, 0.3) is 5.79 Å². The second kappa shape index (κ2) is 5.32. The number of carbonyl (C=O) groups is 1. The Morgan fingerprint density at radius 1 is 1.25 bits per heavy atom. The molecule has 0 saturated heterocycles. The molecule has 1 N–H and O–H groups in total. The van der Waals surface area contributed by atoms with E-state index in [9.17, 15) is 9.90 Å². The number of carbonyl (C=O) groups excluding carboxylic acids is 1. The van der Waals surface area contributed by atoms with Crippen LogP contribution in [0.1, 0.15) is 50.2 Å². The fourth-order valence-corrected chi connectivity index (χ4v) is 2.80. The van der Waals surface area contributed by atoms with Crippen LogP contribution in [0.3, 0.4) is 0 Å². The number of furan rings is 1. The molecular weight excluding hydrogens is 260 g/mol. The van der Waals surface area contributed by atoms with E-state index in [2.05, 4.69) is 0 Å². The fourth-order valence-electron chi connectivity index (χ4n) is 2.80. The van der Waals surface area contributed by atoms with Crippen LogP contribution in [0.4, 0.5) is 0 Å². The summed E-state index contributed by atoms with van der Waals surface area (Å²) in [5, 5.41) is 10.1. The summed E-state index contributed by atoms with van der Waals surface area (Å²) in [6, 6.07) is 1.70. The van der Waals surface area contributed by atoms with E-state index in [0.717, 1.165) is 32.1 Å². The van der Waals surface area contributed by atoms with Crippen molar-refractivity contribution in [2.45, 2.75) is 50.4 Å². The largest absolute Gasteiger partial charge is 0.472 e. The van der Waals surface area contributed by atoms with Gasteiger partial charge in [-0.1, -0.05) is 6.42 Å². The third kappa shape index (κ3) is 2.72. The van der Waals surface area contributed by atoms with Crippen molar-refractivity contribution < 1.29 is 23.8 Å². The minimum absolute atomic E-state index is 0.246. The van der Waals surface area contributed by atoms with Crippen LogP contribution in [0, 0.1) is 0 Å². The van der Waals surface area contributed by atoms with Gasteiger partial charge in [0.1, 0.15) is 5.76 Å². The number of hydrogen-bond acceptors (Lipinski definition) is 5. The third-order valence-corrected chi connectivity index (χ3v) is 3.82. The highest BCUT2D eigenvalue weighted by Crippen LogP contribution is 2.38. The zero-order chi connectivity index (χ0) is 14.0. The highest BCUT2D eigenvalue weighted by Gasteiger charge is 2.41. The van der Waals surface area contributed by atoms with Gasteiger partial charge < -0.3 is 19.0 Å². The van der Waals surface area contributed by atoms with Gasteiger partial charge in [0.05, 0.1) is 24.7 Å². The van der Waals surface area contributed by atoms with Crippen molar-refractivity contribution in [3.8, 4) is 0 Å². The minimum Gasteiger partial charge on any atom is -0.472 e. The van der Waals surface area contributed by atoms with Crippen LogP contribution in [-0.2, 0) is 14.3 Å². The molecule has 1 spiro atoms. The maximum Gasteiger partial charge on any atom is 0.337 e. The van der Waals surface area contributed by atoms with Crippen molar-refractivity contribution >= 4 is 5.97 Å². The molecule has 108 valence electrons. The van der Waals surface area contributed by atoms with Crippen LogP contribution < -0.4 is 0 Å². The Hall–Kier alpha value is -1.75. The van der Waals surface area contributed by atoms with Gasteiger partial charge in [-0.3, -0.25) is 0 Å². The minimum atomic E-state index is -0.810. The van der Waals surface area contributed by atoms with E-state index in [1.807, 2.05) is 0 Å². The first-order chi connectivity index (χ1) is 9.67. The number of aliphatic hydroxyl groups is 1. The molecule has 1 aromatic rings. The van der Waals surface area contributed by atoms with Crippen molar-refractivity contribution in [3.63, 3.8) is 0 Å². The number of ether oxygens (including phenoxy) is 2. The molecule has 0 radical (unpaired) electrons. The molecule has 0 aromatic carbocycles. The maximum atomic E-state index is 11.7. The zero-order valence-electron chi connectivity index (χ0n) is 11.2. The van der Waals surface area contributed by atoms with Crippen LogP contribution >= 0.6 is 0 Å². The molecule has 1 unspecified atom stereocenters. The van der Waals surface area contributed by atoms with Crippen molar-refractivity contribution in [2.24, 2.45) is 0 Å².